The largest absolute Gasteiger partial charge is 0.496 e. The first-order chi connectivity index (χ1) is 10.0. The molecule has 2 rings (SSSR count). The van der Waals surface area contributed by atoms with Crippen LogP contribution in [0.1, 0.15) is 29.7 Å². The fraction of sp³-hybridized carbons (Fsp3) is 0.294. The highest BCUT2D eigenvalue weighted by molar-refractivity contribution is 9.10. The minimum Gasteiger partial charge on any atom is -0.496 e. The van der Waals surface area contributed by atoms with E-state index in [-0.39, 0.29) is 11.9 Å². The number of hydrogen-bond acceptors (Lipinski definition) is 2. The number of rotatable bonds is 5. The van der Waals surface area contributed by atoms with Crippen molar-refractivity contribution in [2.45, 2.75) is 19.9 Å². The maximum Gasteiger partial charge on any atom is 0.124 e. The number of methoxy groups -OCH3 is 1. The molecule has 0 spiro atoms. The van der Waals surface area contributed by atoms with Gasteiger partial charge in [0, 0.05) is 4.47 Å². The van der Waals surface area contributed by atoms with Gasteiger partial charge < -0.3 is 10.1 Å². The molecule has 0 saturated carbocycles. The van der Waals surface area contributed by atoms with E-state index in [9.17, 15) is 4.39 Å². The SMILES string of the molecule is CCNC(c1cc(F)cc(Br)c1)c1ccc(OC)c(C)c1. The average Bonchev–Trinajstić information content (AvgIpc) is 2.43. The van der Waals surface area contributed by atoms with Gasteiger partial charge >= 0.3 is 0 Å². The summed E-state index contributed by atoms with van der Waals surface area (Å²) in [7, 11) is 1.66. The van der Waals surface area contributed by atoms with Crippen molar-refractivity contribution in [3.63, 3.8) is 0 Å². The Labute approximate surface area is 133 Å². The molecule has 1 N–H and O–H groups in total. The molecule has 0 aromatic heterocycles. The number of benzene rings is 2. The van der Waals surface area contributed by atoms with Gasteiger partial charge in [0.15, 0.2) is 0 Å². The Bertz CT molecular complexity index is 610. The molecule has 2 nitrogen and oxygen atoms in total. The van der Waals surface area contributed by atoms with Crippen molar-refractivity contribution in [3.8, 4) is 5.75 Å². The van der Waals surface area contributed by atoms with Gasteiger partial charge in [-0.3, -0.25) is 0 Å². The van der Waals surface area contributed by atoms with E-state index in [1.54, 1.807) is 13.2 Å². The molecule has 2 aromatic rings. The standard InChI is InChI=1S/C17H19BrFNO/c1-4-20-17(13-8-14(18)10-15(19)9-13)12-5-6-16(21-3)11(2)7-12/h5-10,17,20H,4H2,1-3H3. The predicted octanol–water partition coefficient (Wildman–Crippen LogP) is 4.60. The van der Waals surface area contributed by atoms with Crippen molar-refractivity contribution < 1.29 is 9.13 Å². The second-order valence-corrected chi connectivity index (χ2v) is 5.84. The lowest BCUT2D eigenvalue weighted by molar-refractivity contribution is 0.411. The predicted molar refractivity (Wildman–Crippen MR) is 87.4 cm³/mol. The van der Waals surface area contributed by atoms with Crippen LogP contribution in [0.4, 0.5) is 4.39 Å². The van der Waals surface area contributed by atoms with Gasteiger partial charge in [-0.05, 0) is 54.4 Å². The third kappa shape index (κ3) is 3.83. The highest BCUT2D eigenvalue weighted by atomic mass is 79.9. The van der Waals surface area contributed by atoms with Crippen LogP contribution in [0.15, 0.2) is 40.9 Å². The first-order valence-corrected chi connectivity index (χ1v) is 7.68. The zero-order chi connectivity index (χ0) is 15.4. The summed E-state index contributed by atoms with van der Waals surface area (Å²) in [6, 6.07) is 11.0. The molecular formula is C17H19BrFNO. The Morgan fingerprint density at radius 2 is 1.95 bits per heavy atom. The maximum absolute atomic E-state index is 13.7. The minimum absolute atomic E-state index is 0.0494. The van der Waals surface area contributed by atoms with Crippen LogP contribution in [0.2, 0.25) is 0 Å². The number of ether oxygens (including phenoxy) is 1. The van der Waals surface area contributed by atoms with Crippen LogP contribution in [0.3, 0.4) is 0 Å². The molecule has 2 aromatic carbocycles. The van der Waals surface area contributed by atoms with Gasteiger partial charge in [-0.1, -0.05) is 35.0 Å². The fourth-order valence-electron chi connectivity index (χ4n) is 2.46. The van der Waals surface area contributed by atoms with Gasteiger partial charge in [-0.15, -0.1) is 0 Å². The first kappa shape index (κ1) is 16.0. The summed E-state index contributed by atoms with van der Waals surface area (Å²) in [6.07, 6.45) is 0. The van der Waals surface area contributed by atoms with Crippen LogP contribution in [0.5, 0.6) is 5.75 Å². The molecule has 0 radical (unpaired) electrons. The second kappa shape index (κ2) is 7.05. The number of aryl methyl sites for hydroxylation is 1. The molecule has 0 bridgehead atoms. The van der Waals surface area contributed by atoms with Crippen LogP contribution in [-0.2, 0) is 0 Å². The summed E-state index contributed by atoms with van der Waals surface area (Å²) < 4.78 is 19.7. The van der Waals surface area contributed by atoms with E-state index in [0.717, 1.165) is 33.5 Å². The van der Waals surface area contributed by atoms with Crippen molar-refractivity contribution in [3.05, 3.63) is 63.4 Å². The third-order valence-electron chi connectivity index (χ3n) is 3.38. The van der Waals surface area contributed by atoms with E-state index in [4.69, 9.17) is 4.74 Å². The van der Waals surface area contributed by atoms with E-state index < -0.39 is 0 Å². The number of halogens is 2. The molecule has 21 heavy (non-hydrogen) atoms. The number of hydrogen-bond donors (Lipinski definition) is 1. The zero-order valence-electron chi connectivity index (χ0n) is 12.4. The molecule has 0 aliphatic heterocycles. The fourth-order valence-corrected chi connectivity index (χ4v) is 2.94. The van der Waals surface area contributed by atoms with Crippen LogP contribution in [0, 0.1) is 12.7 Å². The van der Waals surface area contributed by atoms with E-state index in [1.165, 1.54) is 6.07 Å². The summed E-state index contributed by atoms with van der Waals surface area (Å²) in [5, 5.41) is 3.41. The molecule has 112 valence electrons. The Morgan fingerprint density at radius 3 is 2.52 bits per heavy atom. The molecule has 4 heteroatoms. The van der Waals surface area contributed by atoms with Crippen molar-refractivity contribution in [1.82, 2.24) is 5.32 Å². The van der Waals surface area contributed by atoms with E-state index >= 15 is 0 Å². The second-order valence-electron chi connectivity index (χ2n) is 4.92. The molecular weight excluding hydrogens is 333 g/mol. The lowest BCUT2D eigenvalue weighted by Crippen LogP contribution is -2.22. The van der Waals surface area contributed by atoms with Crippen molar-refractivity contribution >= 4 is 15.9 Å². The Balaban J connectivity index is 2.45. The molecule has 0 heterocycles. The molecule has 0 aliphatic carbocycles. The summed E-state index contributed by atoms with van der Waals surface area (Å²) in [5.41, 5.74) is 3.05. The smallest absolute Gasteiger partial charge is 0.124 e. The highest BCUT2D eigenvalue weighted by Gasteiger charge is 2.15. The molecule has 0 amide bonds. The van der Waals surface area contributed by atoms with Gasteiger partial charge in [0.2, 0.25) is 0 Å². The lowest BCUT2D eigenvalue weighted by atomic mass is 9.97. The van der Waals surface area contributed by atoms with E-state index in [2.05, 4.69) is 27.3 Å². The Morgan fingerprint density at radius 1 is 1.19 bits per heavy atom. The normalized spacial score (nSPS) is 12.2. The van der Waals surface area contributed by atoms with Gasteiger partial charge in [0.05, 0.1) is 13.2 Å². The third-order valence-corrected chi connectivity index (χ3v) is 3.84. The maximum atomic E-state index is 13.7. The van der Waals surface area contributed by atoms with Crippen LogP contribution >= 0.6 is 15.9 Å². The lowest BCUT2D eigenvalue weighted by Gasteiger charge is -2.20. The van der Waals surface area contributed by atoms with E-state index in [0.29, 0.717) is 0 Å². The summed E-state index contributed by atoms with van der Waals surface area (Å²) in [5.74, 6) is 0.613. The van der Waals surface area contributed by atoms with Gasteiger partial charge in [0.1, 0.15) is 11.6 Å². The van der Waals surface area contributed by atoms with Crippen molar-refractivity contribution in [1.29, 1.82) is 0 Å². The summed E-state index contributed by atoms with van der Waals surface area (Å²) in [4.78, 5) is 0. The van der Waals surface area contributed by atoms with Crippen molar-refractivity contribution in [2.24, 2.45) is 0 Å². The van der Waals surface area contributed by atoms with Crippen LogP contribution < -0.4 is 10.1 Å². The van der Waals surface area contributed by atoms with Crippen molar-refractivity contribution in [2.75, 3.05) is 13.7 Å². The average molecular weight is 352 g/mol. The van der Waals surface area contributed by atoms with Crippen LogP contribution in [0.25, 0.3) is 0 Å². The molecule has 0 aliphatic rings. The first-order valence-electron chi connectivity index (χ1n) is 6.89. The highest BCUT2D eigenvalue weighted by Crippen LogP contribution is 2.29. The molecule has 1 unspecified atom stereocenters. The monoisotopic (exact) mass is 351 g/mol. The number of nitrogens with one attached hydrogen (secondary N) is 1. The molecule has 0 saturated heterocycles. The molecule has 0 fully saturated rings. The van der Waals surface area contributed by atoms with Gasteiger partial charge in [0.25, 0.3) is 0 Å². The Hall–Kier alpha value is -1.39. The topological polar surface area (TPSA) is 21.3 Å². The summed E-state index contributed by atoms with van der Waals surface area (Å²) in [6.45, 7) is 4.84. The zero-order valence-corrected chi connectivity index (χ0v) is 14.0. The minimum atomic E-state index is -0.243. The summed E-state index contributed by atoms with van der Waals surface area (Å²) >= 11 is 3.35. The van der Waals surface area contributed by atoms with Crippen LogP contribution in [-0.4, -0.2) is 13.7 Å². The van der Waals surface area contributed by atoms with E-state index in [1.807, 2.05) is 32.0 Å². The van der Waals surface area contributed by atoms with Gasteiger partial charge in [-0.25, -0.2) is 4.39 Å². The quantitative estimate of drug-likeness (QED) is 0.849. The van der Waals surface area contributed by atoms with Gasteiger partial charge in [-0.2, -0.15) is 0 Å². The Kier molecular flexibility index (Phi) is 5.37. The molecule has 1 atom stereocenters.